The number of nitrogens with one attached hydrogen (secondary N) is 2. The van der Waals surface area contributed by atoms with Crippen LogP contribution in [0.15, 0.2) is 0 Å². The summed E-state index contributed by atoms with van der Waals surface area (Å²) < 4.78 is 29.5. The van der Waals surface area contributed by atoms with Gasteiger partial charge in [0.25, 0.3) is 0 Å². The Hall–Kier alpha value is -0.700. The van der Waals surface area contributed by atoms with Gasteiger partial charge in [0.1, 0.15) is 6.04 Å². The summed E-state index contributed by atoms with van der Waals surface area (Å²) in [6, 6.07) is -0.300. The molecule has 2 N–H and O–H groups in total. The topological polar surface area (TPSA) is 87.7 Å². The molecule has 0 bridgehead atoms. The number of nitrogens with zero attached hydrogens (tertiary/aromatic N) is 1. The molecule has 0 radical (unpaired) electrons. The first-order chi connectivity index (χ1) is 8.97. The highest BCUT2D eigenvalue weighted by Gasteiger charge is 2.20. The number of carbonyl (C=O) groups excluding carboxylic acids is 1. The van der Waals surface area contributed by atoms with Gasteiger partial charge in [-0.25, -0.2) is 12.7 Å². The molecule has 0 aromatic carbocycles. The molecule has 1 aliphatic rings. The summed E-state index contributed by atoms with van der Waals surface area (Å²) >= 11 is 0. The van der Waals surface area contributed by atoms with E-state index in [4.69, 9.17) is 4.74 Å². The molecule has 1 atom stereocenters. The quantitative estimate of drug-likeness (QED) is 0.574. The third-order valence-corrected chi connectivity index (χ3v) is 4.89. The molecule has 0 aromatic heterocycles. The van der Waals surface area contributed by atoms with Gasteiger partial charge in [-0.2, -0.15) is 0 Å². The van der Waals surface area contributed by atoms with E-state index in [1.807, 2.05) is 0 Å². The van der Waals surface area contributed by atoms with Gasteiger partial charge in [0.15, 0.2) is 0 Å². The fourth-order valence-corrected chi connectivity index (χ4v) is 2.58. The Morgan fingerprint density at radius 2 is 2.26 bits per heavy atom. The van der Waals surface area contributed by atoms with Crippen molar-refractivity contribution in [3.05, 3.63) is 0 Å². The fraction of sp³-hybridized carbons (Fsp3) is 0.909. The normalized spacial score (nSPS) is 20.5. The summed E-state index contributed by atoms with van der Waals surface area (Å²) in [6.45, 7) is 4.17. The third-order valence-electron chi connectivity index (χ3n) is 3.03. The monoisotopic (exact) mass is 293 g/mol. The van der Waals surface area contributed by atoms with Crippen molar-refractivity contribution < 1.29 is 17.9 Å². The second-order valence-corrected chi connectivity index (χ2v) is 6.81. The molecule has 0 aliphatic carbocycles. The van der Waals surface area contributed by atoms with Crippen LogP contribution < -0.4 is 10.6 Å². The zero-order valence-corrected chi connectivity index (χ0v) is 12.3. The molecule has 1 fully saturated rings. The standard InChI is InChI=1S/C11H23N3O4S/c1-3-19(16,17)14(2)7-4-5-13-11(15)10-9-18-8-6-12-10/h10,12H,3-9H2,1-2H3,(H,13,15). The number of hydrogen-bond donors (Lipinski definition) is 2. The molecular formula is C11H23N3O4S. The summed E-state index contributed by atoms with van der Waals surface area (Å²) in [5, 5.41) is 5.83. The van der Waals surface area contributed by atoms with E-state index in [0.29, 0.717) is 39.3 Å². The lowest BCUT2D eigenvalue weighted by Gasteiger charge is -2.23. The molecule has 1 saturated heterocycles. The number of morpholine rings is 1. The summed E-state index contributed by atoms with van der Waals surface area (Å²) in [5.74, 6) is -0.000152. The fourth-order valence-electron chi connectivity index (χ4n) is 1.73. The van der Waals surface area contributed by atoms with Gasteiger partial charge in [-0.3, -0.25) is 4.79 Å². The Morgan fingerprint density at radius 3 is 2.84 bits per heavy atom. The van der Waals surface area contributed by atoms with Crippen molar-refractivity contribution in [2.45, 2.75) is 19.4 Å². The smallest absolute Gasteiger partial charge is 0.239 e. The maximum Gasteiger partial charge on any atom is 0.239 e. The van der Waals surface area contributed by atoms with E-state index in [0.717, 1.165) is 0 Å². The van der Waals surface area contributed by atoms with Crippen molar-refractivity contribution in [2.24, 2.45) is 0 Å². The summed E-state index contributed by atoms with van der Waals surface area (Å²) in [7, 11) is -1.58. The number of amides is 1. The zero-order chi connectivity index (χ0) is 14.3. The minimum absolute atomic E-state index is 0.0964. The zero-order valence-electron chi connectivity index (χ0n) is 11.5. The van der Waals surface area contributed by atoms with E-state index in [9.17, 15) is 13.2 Å². The second kappa shape index (κ2) is 7.78. The first-order valence-corrected chi connectivity index (χ1v) is 8.11. The molecule has 7 nitrogen and oxygen atoms in total. The minimum Gasteiger partial charge on any atom is -0.378 e. The second-order valence-electron chi connectivity index (χ2n) is 4.45. The third kappa shape index (κ3) is 5.43. The van der Waals surface area contributed by atoms with Crippen LogP contribution in [-0.2, 0) is 19.6 Å². The van der Waals surface area contributed by atoms with Gasteiger partial charge in [0, 0.05) is 26.7 Å². The van der Waals surface area contributed by atoms with E-state index in [1.54, 1.807) is 14.0 Å². The molecule has 1 unspecified atom stereocenters. The number of rotatable bonds is 7. The van der Waals surface area contributed by atoms with Crippen LogP contribution in [0, 0.1) is 0 Å². The van der Waals surface area contributed by atoms with Gasteiger partial charge < -0.3 is 15.4 Å². The first kappa shape index (κ1) is 16.4. The van der Waals surface area contributed by atoms with Gasteiger partial charge in [0.05, 0.1) is 19.0 Å². The average molecular weight is 293 g/mol. The van der Waals surface area contributed by atoms with E-state index in [1.165, 1.54) is 4.31 Å². The van der Waals surface area contributed by atoms with Gasteiger partial charge in [-0.15, -0.1) is 0 Å². The van der Waals surface area contributed by atoms with Crippen LogP contribution in [0.4, 0.5) is 0 Å². The van der Waals surface area contributed by atoms with E-state index < -0.39 is 10.0 Å². The Morgan fingerprint density at radius 1 is 1.53 bits per heavy atom. The SMILES string of the molecule is CCS(=O)(=O)N(C)CCCNC(=O)C1COCCN1. The maximum atomic E-state index is 11.7. The molecule has 1 rings (SSSR count). The predicted octanol–water partition coefficient (Wildman–Crippen LogP) is -1.24. The Balaban J connectivity index is 2.18. The van der Waals surface area contributed by atoms with Gasteiger partial charge >= 0.3 is 0 Å². The summed E-state index contributed by atoms with van der Waals surface area (Å²) in [4.78, 5) is 11.7. The van der Waals surface area contributed by atoms with Crippen molar-refractivity contribution in [2.75, 3.05) is 45.6 Å². The maximum absolute atomic E-state index is 11.7. The lowest BCUT2D eigenvalue weighted by Crippen LogP contribution is -2.51. The first-order valence-electron chi connectivity index (χ1n) is 6.50. The van der Waals surface area contributed by atoms with Crippen LogP contribution in [0.5, 0.6) is 0 Å². The molecule has 0 spiro atoms. The van der Waals surface area contributed by atoms with Crippen LogP contribution in [-0.4, -0.2) is 70.3 Å². The van der Waals surface area contributed by atoms with Crippen molar-refractivity contribution in [1.82, 2.24) is 14.9 Å². The Kier molecular flexibility index (Phi) is 6.70. The molecule has 19 heavy (non-hydrogen) atoms. The van der Waals surface area contributed by atoms with Gasteiger partial charge in [-0.1, -0.05) is 0 Å². The highest BCUT2D eigenvalue weighted by molar-refractivity contribution is 7.89. The lowest BCUT2D eigenvalue weighted by atomic mass is 10.2. The number of ether oxygens (including phenoxy) is 1. The molecule has 1 aliphatic heterocycles. The van der Waals surface area contributed by atoms with Crippen LogP contribution in [0.2, 0.25) is 0 Å². The number of carbonyl (C=O) groups is 1. The largest absolute Gasteiger partial charge is 0.378 e. The molecule has 0 saturated carbocycles. The van der Waals surface area contributed by atoms with Gasteiger partial charge in [0.2, 0.25) is 15.9 Å². The van der Waals surface area contributed by atoms with Gasteiger partial charge in [-0.05, 0) is 13.3 Å². The molecule has 1 heterocycles. The predicted molar refractivity (Wildman–Crippen MR) is 72.3 cm³/mol. The highest BCUT2D eigenvalue weighted by atomic mass is 32.2. The van der Waals surface area contributed by atoms with Crippen LogP contribution in [0.25, 0.3) is 0 Å². The van der Waals surface area contributed by atoms with Crippen molar-refractivity contribution in [3.63, 3.8) is 0 Å². The van der Waals surface area contributed by atoms with Crippen LogP contribution >= 0.6 is 0 Å². The van der Waals surface area contributed by atoms with E-state index >= 15 is 0 Å². The minimum atomic E-state index is -3.13. The number of hydrogen-bond acceptors (Lipinski definition) is 5. The van der Waals surface area contributed by atoms with E-state index in [-0.39, 0.29) is 17.7 Å². The van der Waals surface area contributed by atoms with Crippen LogP contribution in [0.3, 0.4) is 0 Å². The van der Waals surface area contributed by atoms with Crippen molar-refractivity contribution >= 4 is 15.9 Å². The molecule has 1 amide bonds. The van der Waals surface area contributed by atoms with Crippen LogP contribution in [0.1, 0.15) is 13.3 Å². The average Bonchev–Trinajstić information content (AvgIpc) is 2.43. The Bertz CT molecular complexity index is 379. The molecule has 0 aromatic rings. The summed E-state index contributed by atoms with van der Waals surface area (Å²) in [5.41, 5.74) is 0. The Labute approximate surface area is 114 Å². The molecule has 112 valence electrons. The van der Waals surface area contributed by atoms with E-state index in [2.05, 4.69) is 10.6 Å². The van der Waals surface area contributed by atoms with Crippen molar-refractivity contribution in [3.8, 4) is 0 Å². The lowest BCUT2D eigenvalue weighted by molar-refractivity contribution is -0.125. The van der Waals surface area contributed by atoms with Crippen molar-refractivity contribution in [1.29, 1.82) is 0 Å². The molecular weight excluding hydrogens is 270 g/mol. The summed E-state index contributed by atoms with van der Waals surface area (Å²) in [6.07, 6.45) is 0.592. The molecule has 8 heteroatoms. The number of sulfonamides is 1. The highest BCUT2D eigenvalue weighted by Crippen LogP contribution is 1.98.